The van der Waals surface area contributed by atoms with Gasteiger partial charge in [0.15, 0.2) is 0 Å². The highest BCUT2D eigenvalue weighted by atomic mass is 35.5. The van der Waals surface area contributed by atoms with E-state index in [1.54, 1.807) is 12.1 Å². The molecule has 1 amide bonds. The molecule has 21 heavy (non-hydrogen) atoms. The predicted molar refractivity (Wildman–Crippen MR) is 78.4 cm³/mol. The number of nitrogens with one attached hydrogen (secondary N) is 1. The normalized spacial score (nSPS) is 15.7. The summed E-state index contributed by atoms with van der Waals surface area (Å²) in [7, 11) is 0. The number of carbonyl (C=O) groups is 2. The number of aromatic nitrogens is 1. The molecule has 2 N–H and O–H groups in total. The molecule has 0 bridgehead atoms. The van der Waals surface area contributed by atoms with Gasteiger partial charge in [-0.25, -0.2) is 4.98 Å². The van der Waals surface area contributed by atoms with Gasteiger partial charge >= 0.3 is 5.97 Å². The van der Waals surface area contributed by atoms with Gasteiger partial charge in [0.05, 0.1) is 11.0 Å². The fourth-order valence-electron chi connectivity index (χ4n) is 2.30. The highest BCUT2D eigenvalue weighted by Crippen LogP contribution is 2.45. The molecular formula is C15H13ClN2O3. The number of carbonyl (C=O) groups excluding carboxylic acids is 1. The molecule has 3 rings (SSSR count). The quantitative estimate of drug-likeness (QED) is 0.851. The molecule has 1 aliphatic rings. The first-order valence-corrected chi connectivity index (χ1v) is 6.96. The van der Waals surface area contributed by atoms with Crippen molar-refractivity contribution in [3.63, 3.8) is 0 Å². The Kier molecular flexibility index (Phi) is 3.29. The van der Waals surface area contributed by atoms with Gasteiger partial charge in [-0.3, -0.25) is 9.59 Å². The lowest BCUT2D eigenvalue weighted by Gasteiger charge is -2.12. The van der Waals surface area contributed by atoms with Crippen LogP contribution in [-0.4, -0.2) is 28.5 Å². The highest BCUT2D eigenvalue weighted by Gasteiger charge is 2.50. The number of carboxylic acids is 1. The maximum absolute atomic E-state index is 12.3. The number of pyridine rings is 1. The van der Waals surface area contributed by atoms with Crippen molar-refractivity contribution in [1.29, 1.82) is 0 Å². The second-order valence-corrected chi connectivity index (χ2v) is 5.63. The Balaban J connectivity index is 1.86. The van der Waals surface area contributed by atoms with Crippen molar-refractivity contribution in [2.45, 2.75) is 12.8 Å². The van der Waals surface area contributed by atoms with Crippen molar-refractivity contribution in [1.82, 2.24) is 10.3 Å². The first-order chi connectivity index (χ1) is 10.0. The molecule has 0 radical (unpaired) electrons. The fraction of sp³-hybridized carbons (Fsp3) is 0.267. The standard InChI is InChI=1S/C15H13ClN2O3/c16-12-10-4-2-1-3-9(10)11(7-17-12)13(19)18-8-15(5-6-15)14(20)21/h1-4,7H,5-6,8H2,(H,18,19)(H,20,21). The Hall–Kier alpha value is -2.14. The first kappa shape index (κ1) is 13.8. The number of aliphatic carboxylic acids is 1. The zero-order chi connectivity index (χ0) is 15.0. The van der Waals surface area contributed by atoms with Crippen LogP contribution in [0, 0.1) is 5.41 Å². The summed E-state index contributed by atoms with van der Waals surface area (Å²) in [6.45, 7) is 0.137. The van der Waals surface area contributed by atoms with E-state index < -0.39 is 11.4 Å². The summed E-state index contributed by atoms with van der Waals surface area (Å²) in [6, 6.07) is 7.22. The topological polar surface area (TPSA) is 79.3 Å². The number of amides is 1. The molecule has 1 heterocycles. The van der Waals surface area contributed by atoms with Gasteiger partial charge in [-0.05, 0) is 18.2 Å². The average molecular weight is 305 g/mol. The van der Waals surface area contributed by atoms with Gasteiger partial charge in [-0.1, -0.05) is 35.9 Å². The van der Waals surface area contributed by atoms with Crippen molar-refractivity contribution in [3.05, 3.63) is 41.2 Å². The number of hydrogen-bond donors (Lipinski definition) is 2. The SMILES string of the molecule is O=C(NCC1(C(=O)O)CC1)c1cnc(Cl)c2ccccc12. The van der Waals surface area contributed by atoms with E-state index in [9.17, 15) is 9.59 Å². The summed E-state index contributed by atoms with van der Waals surface area (Å²) in [5.74, 6) is -1.19. The summed E-state index contributed by atoms with van der Waals surface area (Å²) in [5, 5.41) is 13.5. The highest BCUT2D eigenvalue weighted by molar-refractivity contribution is 6.34. The minimum Gasteiger partial charge on any atom is -0.481 e. The summed E-state index contributed by atoms with van der Waals surface area (Å²) in [6.07, 6.45) is 2.62. The van der Waals surface area contributed by atoms with Crippen LogP contribution < -0.4 is 5.32 Å². The number of fused-ring (bicyclic) bond motifs is 1. The van der Waals surface area contributed by atoms with E-state index in [1.165, 1.54) is 6.20 Å². The number of benzene rings is 1. The molecule has 0 atom stereocenters. The van der Waals surface area contributed by atoms with Crippen LogP contribution in [-0.2, 0) is 4.79 Å². The van der Waals surface area contributed by atoms with Gasteiger partial charge in [0.25, 0.3) is 5.91 Å². The number of rotatable bonds is 4. The van der Waals surface area contributed by atoms with Crippen molar-refractivity contribution < 1.29 is 14.7 Å². The molecular weight excluding hydrogens is 292 g/mol. The number of halogens is 1. The molecule has 1 aromatic heterocycles. The summed E-state index contributed by atoms with van der Waals surface area (Å²) >= 11 is 6.01. The Labute approximate surface area is 125 Å². The third-order valence-electron chi connectivity index (χ3n) is 3.89. The smallest absolute Gasteiger partial charge is 0.311 e. The van der Waals surface area contributed by atoms with Crippen molar-refractivity contribution in [2.24, 2.45) is 5.41 Å². The van der Waals surface area contributed by atoms with Gasteiger partial charge < -0.3 is 10.4 Å². The Morgan fingerprint density at radius 3 is 2.57 bits per heavy atom. The van der Waals surface area contributed by atoms with Gasteiger partial charge in [0.2, 0.25) is 0 Å². The third-order valence-corrected chi connectivity index (χ3v) is 4.19. The number of carboxylic acid groups (broad SMARTS) is 1. The Morgan fingerprint density at radius 1 is 1.29 bits per heavy atom. The Bertz CT molecular complexity index is 741. The predicted octanol–water partition coefficient (Wildman–Crippen LogP) is 2.48. The first-order valence-electron chi connectivity index (χ1n) is 6.58. The molecule has 6 heteroatoms. The molecule has 5 nitrogen and oxygen atoms in total. The zero-order valence-electron chi connectivity index (χ0n) is 11.1. The van der Waals surface area contributed by atoms with Crippen LogP contribution in [0.5, 0.6) is 0 Å². The van der Waals surface area contributed by atoms with Crippen LogP contribution in [0.4, 0.5) is 0 Å². The van der Waals surface area contributed by atoms with Gasteiger partial charge in [0, 0.05) is 18.1 Å². The van der Waals surface area contributed by atoms with Crippen molar-refractivity contribution >= 4 is 34.2 Å². The second-order valence-electron chi connectivity index (χ2n) is 5.28. The maximum atomic E-state index is 12.3. The van der Waals surface area contributed by atoms with Crippen molar-refractivity contribution in [2.75, 3.05) is 6.54 Å². The van der Waals surface area contributed by atoms with Crippen LogP contribution in [0.1, 0.15) is 23.2 Å². The summed E-state index contributed by atoms with van der Waals surface area (Å²) in [4.78, 5) is 27.4. The zero-order valence-corrected chi connectivity index (χ0v) is 11.9. The molecule has 2 aromatic rings. The lowest BCUT2D eigenvalue weighted by atomic mass is 10.1. The van der Waals surface area contributed by atoms with E-state index in [0.29, 0.717) is 34.3 Å². The monoisotopic (exact) mass is 304 g/mol. The third kappa shape index (κ3) is 2.45. The van der Waals surface area contributed by atoms with Crippen LogP contribution in [0.3, 0.4) is 0 Å². The van der Waals surface area contributed by atoms with E-state index in [4.69, 9.17) is 16.7 Å². The molecule has 0 saturated heterocycles. The van der Waals surface area contributed by atoms with Crippen LogP contribution >= 0.6 is 11.6 Å². The molecule has 1 fully saturated rings. The van der Waals surface area contributed by atoms with Crippen LogP contribution in [0.15, 0.2) is 30.5 Å². The van der Waals surface area contributed by atoms with Gasteiger partial charge in [-0.15, -0.1) is 0 Å². The van der Waals surface area contributed by atoms with E-state index in [1.807, 2.05) is 12.1 Å². The largest absolute Gasteiger partial charge is 0.481 e. The molecule has 1 saturated carbocycles. The number of nitrogens with zero attached hydrogens (tertiary/aromatic N) is 1. The van der Waals surface area contributed by atoms with E-state index >= 15 is 0 Å². The minimum absolute atomic E-state index is 0.137. The minimum atomic E-state index is -0.859. The lowest BCUT2D eigenvalue weighted by molar-refractivity contribution is -0.143. The molecule has 1 aliphatic carbocycles. The molecule has 1 aromatic carbocycles. The average Bonchev–Trinajstić information content (AvgIpc) is 3.27. The number of hydrogen-bond acceptors (Lipinski definition) is 3. The van der Waals surface area contributed by atoms with Crippen LogP contribution in [0.25, 0.3) is 10.8 Å². The maximum Gasteiger partial charge on any atom is 0.311 e. The molecule has 0 unspecified atom stereocenters. The second kappa shape index (κ2) is 5.00. The summed E-state index contributed by atoms with van der Waals surface area (Å²) < 4.78 is 0. The molecule has 0 aliphatic heterocycles. The molecule has 108 valence electrons. The van der Waals surface area contributed by atoms with Gasteiger partial charge in [-0.2, -0.15) is 0 Å². The fourth-order valence-corrected chi connectivity index (χ4v) is 2.51. The van der Waals surface area contributed by atoms with Gasteiger partial charge in [0.1, 0.15) is 5.15 Å². The molecule has 0 spiro atoms. The van der Waals surface area contributed by atoms with E-state index in [0.717, 1.165) is 0 Å². The van der Waals surface area contributed by atoms with Crippen molar-refractivity contribution in [3.8, 4) is 0 Å². The Morgan fingerprint density at radius 2 is 1.95 bits per heavy atom. The lowest BCUT2D eigenvalue weighted by Crippen LogP contribution is -2.34. The van der Waals surface area contributed by atoms with Crippen LogP contribution in [0.2, 0.25) is 5.15 Å². The summed E-state index contributed by atoms with van der Waals surface area (Å²) in [5.41, 5.74) is -0.387. The van der Waals surface area contributed by atoms with E-state index in [2.05, 4.69) is 10.3 Å². The van der Waals surface area contributed by atoms with E-state index in [-0.39, 0.29) is 12.5 Å².